The van der Waals surface area contributed by atoms with Gasteiger partial charge in [-0.2, -0.15) is 0 Å². The molecule has 0 aliphatic rings. The third-order valence-electron chi connectivity index (χ3n) is 4.78. The molecule has 0 aliphatic heterocycles. The van der Waals surface area contributed by atoms with Crippen LogP contribution in [0.2, 0.25) is 0 Å². The van der Waals surface area contributed by atoms with Gasteiger partial charge in [0.25, 0.3) is 5.91 Å². The van der Waals surface area contributed by atoms with Crippen LogP contribution in [0, 0.1) is 13.8 Å². The summed E-state index contributed by atoms with van der Waals surface area (Å²) in [6, 6.07) is 13.5. The Hall–Kier alpha value is -3.12. The van der Waals surface area contributed by atoms with Crippen LogP contribution in [-0.2, 0) is 4.79 Å². The summed E-state index contributed by atoms with van der Waals surface area (Å²) in [4.78, 5) is 18.3. The molecule has 0 bridgehead atoms. The number of benzene rings is 2. The molecule has 5 nitrogen and oxygen atoms in total. The zero-order valence-electron chi connectivity index (χ0n) is 16.0. The predicted octanol–water partition coefficient (Wildman–Crippen LogP) is 5.09. The summed E-state index contributed by atoms with van der Waals surface area (Å²) in [5, 5.41) is 4.98. The molecule has 6 heteroatoms. The number of carbonyl (C=O) groups is 1. The van der Waals surface area contributed by atoms with Gasteiger partial charge in [-0.25, -0.2) is 4.98 Å². The van der Waals surface area contributed by atoms with E-state index in [9.17, 15) is 4.79 Å². The van der Waals surface area contributed by atoms with Crippen molar-refractivity contribution in [1.29, 1.82) is 0 Å². The summed E-state index contributed by atoms with van der Waals surface area (Å²) in [5.41, 5.74) is 4.60. The van der Waals surface area contributed by atoms with Crippen LogP contribution in [0.4, 0.5) is 5.69 Å². The minimum atomic E-state index is -0.626. The minimum Gasteiger partial charge on any atom is -0.481 e. The van der Waals surface area contributed by atoms with Crippen LogP contribution in [0.3, 0.4) is 0 Å². The number of fused-ring (bicyclic) bond motifs is 1. The average molecular weight is 391 g/mol. The van der Waals surface area contributed by atoms with E-state index in [-0.39, 0.29) is 5.91 Å². The fraction of sp³-hybridized carbons (Fsp3) is 0.182. The molecule has 142 valence electrons. The number of hydrogen-bond donors (Lipinski definition) is 1. The van der Waals surface area contributed by atoms with E-state index in [1.54, 1.807) is 18.3 Å². The molecule has 2 aromatic heterocycles. The highest BCUT2D eigenvalue weighted by atomic mass is 32.1. The number of nitrogens with one attached hydrogen (secondary N) is 1. The number of rotatable bonds is 5. The molecule has 1 unspecified atom stereocenters. The van der Waals surface area contributed by atoms with Crippen molar-refractivity contribution < 1.29 is 9.53 Å². The highest BCUT2D eigenvalue weighted by molar-refractivity contribution is 7.15. The summed E-state index contributed by atoms with van der Waals surface area (Å²) in [5.74, 6) is 0.527. The fourth-order valence-electron chi connectivity index (χ4n) is 3.00. The van der Waals surface area contributed by atoms with E-state index in [4.69, 9.17) is 4.74 Å². The van der Waals surface area contributed by atoms with E-state index in [0.717, 1.165) is 38.8 Å². The SMILES string of the molecule is Cc1cccc(OC(C)C(=O)Nc2ccccc2-c2cn3ccsc3n2)c1C. The molecule has 28 heavy (non-hydrogen) atoms. The Balaban J connectivity index is 1.54. The lowest BCUT2D eigenvalue weighted by Crippen LogP contribution is -2.30. The molecule has 4 aromatic rings. The van der Waals surface area contributed by atoms with E-state index >= 15 is 0 Å². The molecular weight excluding hydrogens is 370 g/mol. The van der Waals surface area contributed by atoms with Crippen LogP contribution in [0.25, 0.3) is 16.2 Å². The van der Waals surface area contributed by atoms with Crippen molar-refractivity contribution in [2.45, 2.75) is 26.9 Å². The number of thiazole rings is 1. The quantitative estimate of drug-likeness (QED) is 0.516. The van der Waals surface area contributed by atoms with Crippen LogP contribution in [0.1, 0.15) is 18.1 Å². The van der Waals surface area contributed by atoms with E-state index in [2.05, 4.69) is 10.3 Å². The van der Waals surface area contributed by atoms with Crippen molar-refractivity contribution >= 4 is 27.9 Å². The van der Waals surface area contributed by atoms with Gasteiger partial charge in [0.05, 0.1) is 11.4 Å². The summed E-state index contributed by atoms with van der Waals surface area (Å²) in [7, 11) is 0. The van der Waals surface area contributed by atoms with Crippen molar-refractivity contribution in [2.75, 3.05) is 5.32 Å². The molecule has 1 atom stereocenters. The smallest absolute Gasteiger partial charge is 0.265 e. The number of nitrogens with zero attached hydrogens (tertiary/aromatic N) is 2. The van der Waals surface area contributed by atoms with Crippen LogP contribution < -0.4 is 10.1 Å². The van der Waals surface area contributed by atoms with Gasteiger partial charge in [0.15, 0.2) is 11.1 Å². The van der Waals surface area contributed by atoms with Gasteiger partial charge < -0.3 is 10.1 Å². The summed E-state index contributed by atoms with van der Waals surface area (Å²) in [6.45, 7) is 5.78. The topological polar surface area (TPSA) is 55.6 Å². The van der Waals surface area contributed by atoms with E-state index < -0.39 is 6.10 Å². The lowest BCUT2D eigenvalue weighted by atomic mass is 10.1. The second kappa shape index (κ2) is 7.48. The number of aryl methyl sites for hydroxylation is 1. The summed E-state index contributed by atoms with van der Waals surface area (Å²) in [6.07, 6.45) is 3.31. The van der Waals surface area contributed by atoms with Crippen LogP contribution in [0.15, 0.2) is 60.2 Å². The summed E-state index contributed by atoms with van der Waals surface area (Å²) < 4.78 is 7.89. The maximum atomic E-state index is 12.8. The Morgan fingerprint density at radius 2 is 2.00 bits per heavy atom. The number of imidazole rings is 1. The first-order valence-electron chi connectivity index (χ1n) is 9.08. The first kappa shape index (κ1) is 18.3. The van der Waals surface area contributed by atoms with Crippen molar-refractivity contribution in [1.82, 2.24) is 9.38 Å². The van der Waals surface area contributed by atoms with Crippen LogP contribution in [0.5, 0.6) is 5.75 Å². The molecule has 0 saturated carbocycles. The Labute approximate surface area is 167 Å². The first-order chi connectivity index (χ1) is 13.5. The normalized spacial score (nSPS) is 12.1. The molecular formula is C22H21N3O2S. The second-order valence-electron chi connectivity index (χ2n) is 6.71. The van der Waals surface area contributed by atoms with Gasteiger partial charge in [-0.3, -0.25) is 9.20 Å². The molecule has 4 rings (SSSR count). The van der Waals surface area contributed by atoms with E-state index in [0.29, 0.717) is 0 Å². The van der Waals surface area contributed by atoms with Gasteiger partial charge in [0, 0.05) is 23.3 Å². The van der Waals surface area contributed by atoms with Crippen molar-refractivity contribution in [3.05, 3.63) is 71.4 Å². The number of aromatic nitrogens is 2. The van der Waals surface area contributed by atoms with Crippen LogP contribution in [-0.4, -0.2) is 21.4 Å². The Morgan fingerprint density at radius 1 is 1.18 bits per heavy atom. The monoisotopic (exact) mass is 391 g/mol. The Morgan fingerprint density at radius 3 is 2.82 bits per heavy atom. The lowest BCUT2D eigenvalue weighted by molar-refractivity contribution is -0.122. The number of carbonyl (C=O) groups excluding carboxylic acids is 1. The second-order valence-corrected chi connectivity index (χ2v) is 7.58. The number of para-hydroxylation sites is 1. The lowest BCUT2D eigenvalue weighted by Gasteiger charge is -2.18. The average Bonchev–Trinajstić information content (AvgIpc) is 3.28. The van der Waals surface area contributed by atoms with E-state index in [1.165, 1.54) is 0 Å². The highest BCUT2D eigenvalue weighted by Gasteiger charge is 2.18. The zero-order chi connectivity index (χ0) is 19.7. The van der Waals surface area contributed by atoms with Crippen LogP contribution >= 0.6 is 11.3 Å². The molecule has 0 aliphatic carbocycles. The Bertz CT molecular complexity index is 1120. The van der Waals surface area contributed by atoms with E-state index in [1.807, 2.05) is 78.5 Å². The molecule has 1 amide bonds. The molecule has 2 heterocycles. The van der Waals surface area contributed by atoms with Gasteiger partial charge in [-0.1, -0.05) is 30.3 Å². The van der Waals surface area contributed by atoms with Gasteiger partial charge in [-0.15, -0.1) is 11.3 Å². The zero-order valence-corrected chi connectivity index (χ0v) is 16.8. The molecule has 0 radical (unpaired) electrons. The predicted molar refractivity (Wildman–Crippen MR) is 113 cm³/mol. The van der Waals surface area contributed by atoms with Crippen molar-refractivity contribution in [3.63, 3.8) is 0 Å². The molecule has 0 spiro atoms. The first-order valence-corrected chi connectivity index (χ1v) is 9.96. The van der Waals surface area contributed by atoms with Gasteiger partial charge >= 0.3 is 0 Å². The number of ether oxygens (including phenoxy) is 1. The molecule has 0 fully saturated rings. The maximum absolute atomic E-state index is 12.8. The maximum Gasteiger partial charge on any atom is 0.265 e. The number of hydrogen-bond acceptors (Lipinski definition) is 4. The van der Waals surface area contributed by atoms with Gasteiger partial charge in [0.1, 0.15) is 5.75 Å². The number of amides is 1. The third-order valence-corrected chi connectivity index (χ3v) is 5.55. The largest absolute Gasteiger partial charge is 0.481 e. The summed E-state index contributed by atoms with van der Waals surface area (Å²) >= 11 is 1.58. The standard InChI is InChI=1S/C22H21N3O2S/c1-14-7-6-10-20(15(14)2)27-16(3)21(26)23-18-9-5-4-8-17(18)19-13-25-11-12-28-22(25)24-19/h4-13,16H,1-3H3,(H,23,26). The highest BCUT2D eigenvalue weighted by Crippen LogP contribution is 2.29. The third kappa shape index (κ3) is 3.51. The fourth-order valence-corrected chi connectivity index (χ4v) is 3.70. The molecule has 1 N–H and O–H groups in total. The van der Waals surface area contributed by atoms with Gasteiger partial charge in [0.2, 0.25) is 0 Å². The molecule has 0 saturated heterocycles. The van der Waals surface area contributed by atoms with Gasteiger partial charge in [-0.05, 0) is 44.0 Å². The van der Waals surface area contributed by atoms with Crippen molar-refractivity contribution in [3.8, 4) is 17.0 Å². The molecule has 2 aromatic carbocycles. The number of anilines is 1. The minimum absolute atomic E-state index is 0.200. The Kier molecular flexibility index (Phi) is 4.88. The van der Waals surface area contributed by atoms with Crippen molar-refractivity contribution in [2.24, 2.45) is 0 Å².